The van der Waals surface area contributed by atoms with E-state index in [0.717, 1.165) is 12.4 Å². The summed E-state index contributed by atoms with van der Waals surface area (Å²) >= 11 is 0. The van der Waals surface area contributed by atoms with Gasteiger partial charge in [-0.1, -0.05) is 12.1 Å². The molecule has 1 fully saturated rings. The lowest BCUT2D eigenvalue weighted by molar-refractivity contribution is -0.132. The fourth-order valence-electron chi connectivity index (χ4n) is 2.53. The largest absolute Gasteiger partial charge is 0.493 e. The van der Waals surface area contributed by atoms with E-state index in [1.54, 1.807) is 24.1 Å². The molecular formula is C17H18FN3O4. The van der Waals surface area contributed by atoms with Gasteiger partial charge in [0.1, 0.15) is 6.10 Å². The van der Waals surface area contributed by atoms with Crippen LogP contribution in [-0.2, 0) is 4.79 Å². The third-order valence-corrected chi connectivity index (χ3v) is 3.79. The molecule has 0 bridgehead atoms. The minimum atomic E-state index is -0.524. The number of carbonyl (C=O) groups excluding carboxylic acids is 1. The molecule has 2 aromatic rings. The van der Waals surface area contributed by atoms with E-state index in [4.69, 9.17) is 14.2 Å². The molecule has 0 radical (unpaired) electrons. The first-order chi connectivity index (χ1) is 12.2. The van der Waals surface area contributed by atoms with Crippen LogP contribution in [0.5, 0.6) is 17.5 Å². The van der Waals surface area contributed by atoms with Gasteiger partial charge < -0.3 is 19.1 Å². The number of carbonyl (C=O) groups is 1. The number of hydrogen-bond acceptors (Lipinski definition) is 6. The summed E-state index contributed by atoms with van der Waals surface area (Å²) < 4.78 is 29.1. The summed E-state index contributed by atoms with van der Waals surface area (Å²) in [6, 6.07) is 7.25. The molecule has 2 heterocycles. The topological polar surface area (TPSA) is 73.8 Å². The highest BCUT2D eigenvalue weighted by molar-refractivity contribution is 5.78. The van der Waals surface area contributed by atoms with Crippen LogP contribution in [0.4, 0.5) is 4.39 Å². The Labute approximate surface area is 144 Å². The molecule has 1 aliphatic heterocycles. The molecule has 0 N–H and O–H groups in total. The molecule has 25 heavy (non-hydrogen) atoms. The highest BCUT2D eigenvalue weighted by Crippen LogP contribution is 2.26. The van der Waals surface area contributed by atoms with E-state index in [9.17, 15) is 9.18 Å². The summed E-state index contributed by atoms with van der Waals surface area (Å²) in [7, 11) is 1.55. The van der Waals surface area contributed by atoms with Crippen LogP contribution in [0, 0.1) is 5.82 Å². The predicted octanol–water partition coefficient (Wildman–Crippen LogP) is 1.68. The Morgan fingerprint density at radius 1 is 1.28 bits per heavy atom. The van der Waals surface area contributed by atoms with E-state index in [-0.39, 0.29) is 24.6 Å². The first kappa shape index (κ1) is 16.9. The number of nitrogens with zero attached hydrogens (tertiary/aromatic N) is 3. The number of aromatic nitrogens is 2. The van der Waals surface area contributed by atoms with Gasteiger partial charge in [0.15, 0.2) is 23.9 Å². The maximum Gasteiger partial charge on any atom is 0.316 e. The molecule has 1 saturated heterocycles. The molecule has 1 unspecified atom stereocenters. The second kappa shape index (κ2) is 7.78. The van der Waals surface area contributed by atoms with E-state index in [0.29, 0.717) is 31.0 Å². The molecule has 1 atom stereocenters. The van der Waals surface area contributed by atoms with Gasteiger partial charge in [-0.05, 0) is 12.1 Å². The number of halogens is 1. The van der Waals surface area contributed by atoms with Crippen molar-refractivity contribution in [2.24, 2.45) is 0 Å². The zero-order chi connectivity index (χ0) is 17.6. The zero-order valence-electron chi connectivity index (χ0n) is 13.7. The average Bonchev–Trinajstić information content (AvgIpc) is 3.10. The van der Waals surface area contributed by atoms with Crippen LogP contribution in [0.25, 0.3) is 0 Å². The summed E-state index contributed by atoms with van der Waals surface area (Å²) in [4.78, 5) is 21.5. The molecule has 0 spiro atoms. The third-order valence-electron chi connectivity index (χ3n) is 3.79. The van der Waals surface area contributed by atoms with E-state index in [1.165, 1.54) is 0 Å². The van der Waals surface area contributed by atoms with Crippen LogP contribution in [0.1, 0.15) is 6.42 Å². The maximum atomic E-state index is 12.8. The highest BCUT2D eigenvalue weighted by atomic mass is 19.1. The van der Waals surface area contributed by atoms with E-state index < -0.39 is 5.82 Å². The third kappa shape index (κ3) is 4.34. The summed E-state index contributed by atoms with van der Waals surface area (Å²) in [6.07, 6.45) is 2.52. The summed E-state index contributed by atoms with van der Waals surface area (Å²) in [5.74, 6) is 0.428. The van der Waals surface area contributed by atoms with Gasteiger partial charge in [0, 0.05) is 13.0 Å². The summed E-state index contributed by atoms with van der Waals surface area (Å²) in [6.45, 7) is 0.884. The average molecular weight is 347 g/mol. The normalized spacial score (nSPS) is 16.6. The Kier molecular flexibility index (Phi) is 5.27. The van der Waals surface area contributed by atoms with Crippen molar-refractivity contribution in [3.63, 3.8) is 0 Å². The van der Waals surface area contributed by atoms with Gasteiger partial charge in [-0.3, -0.25) is 4.79 Å². The Morgan fingerprint density at radius 3 is 2.72 bits per heavy atom. The predicted molar refractivity (Wildman–Crippen MR) is 86.1 cm³/mol. The molecular weight excluding hydrogens is 329 g/mol. The van der Waals surface area contributed by atoms with Crippen molar-refractivity contribution in [1.82, 2.24) is 14.9 Å². The standard InChI is InChI=1S/C17H18FN3O4/c1-23-14-4-2-3-5-15(14)24-11-16(22)21-7-6-13(10-21)25-17-19-8-12(18)9-20-17/h2-5,8-9,13H,6-7,10-11H2,1H3. The number of likely N-dealkylation sites (tertiary alicyclic amines) is 1. The summed E-state index contributed by atoms with van der Waals surface area (Å²) in [5, 5.41) is 0. The van der Waals surface area contributed by atoms with Crippen molar-refractivity contribution < 1.29 is 23.4 Å². The van der Waals surface area contributed by atoms with Crippen LogP contribution in [0.2, 0.25) is 0 Å². The molecule has 1 aromatic carbocycles. The number of para-hydroxylation sites is 2. The van der Waals surface area contributed by atoms with Crippen LogP contribution in [0.15, 0.2) is 36.7 Å². The SMILES string of the molecule is COc1ccccc1OCC(=O)N1CCC(Oc2ncc(F)cn2)C1. The van der Waals surface area contributed by atoms with Crippen molar-refractivity contribution in [3.05, 3.63) is 42.5 Å². The molecule has 0 aliphatic carbocycles. The Bertz CT molecular complexity index is 726. The Hall–Kier alpha value is -2.90. The maximum absolute atomic E-state index is 12.8. The van der Waals surface area contributed by atoms with E-state index >= 15 is 0 Å². The van der Waals surface area contributed by atoms with Crippen LogP contribution in [-0.4, -0.2) is 53.7 Å². The zero-order valence-corrected chi connectivity index (χ0v) is 13.7. The van der Waals surface area contributed by atoms with Crippen LogP contribution < -0.4 is 14.2 Å². The van der Waals surface area contributed by atoms with Crippen molar-refractivity contribution in [1.29, 1.82) is 0 Å². The quantitative estimate of drug-likeness (QED) is 0.792. The van der Waals surface area contributed by atoms with Crippen molar-refractivity contribution in [2.45, 2.75) is 12.5 Å². The van der Waals surface area contributed by atoms with E-state index in [2.05, 4.69) is 9.97 Å². The lowest BCUT2D eigenvalue weighted by Gasteiger charge is -2.17. The van der Waals surface area contributed by atoms with Gasteiger partial charge in [0.05, 0.1) is 26.0 Å². The molecule has 0 saturated carbocycles. The molecule has 132 valence electrons. The number of amides is 1. The fourth-order valence-corrected chi connectivity index (χ4v) is 2.53. The number of ether oxygens (including phenoxy) is 3. The van der Waals surface area contributed by atoms with Gasteiger partial charge in [-0.15, -0.1) is 0 Å². The number of benzene rings is 1. The van der Waals surface area contributed by atoms with Gasteiger partial charge in [-0.25, -0.2) is 14.4 Å². The first-order valence-corrected chi connectivity index (χ1v) is 7.83. The number of rotatable bonds is 6. The molecule has 3 rings (SSSR count). The van der Waals surface area contributed by atoms with Gasteiger partial charge in [0.2, 0.25) is 0 Å². The van der Waals surface area contributed by atoms with Gasteiger partial charge >= 0.3 is 6.01 Å². The monoisotopic (exact) mass is 347 g/mol. The smallest absolute Gasteiger partial charge is 0.316 e. The summed E-state index contributed by atoms with van der Waals surface area (Å²) in [5.41, 5.74) is 0. The minimum Gasteiger partial charge on any atom is -0.493 e. The fraction of sp³-hybridized carbons (Fsp3) is 0.353. The lowest BCUT2D eigenvalue weighted by atomic mass is 10.3. The Balaban J connectivity index is 1.49. The second-order valence-electron chi connectivity index (χ2n) is 5.49. The van der Waals surface area contributed by atoms with Crippen LogP contribution in [0.3, 0.4) is 0 Å². The van der Waals surface area contributed by atoms with Gasteiger partial charge in [0.25, 0.3) is 5.91 Å². The first-order valence-electron chi connectivity index (χ1n) is 7.83. The van der Waals surface area contributed by atoms with Crippen molar-refractivity contribution in [2.75, 3.05) is 26.8 Å². The van der Waals surface area contributed by atoms with Gasteiger partial charge in [-0.2, -0.15) is 0 Å². The van der Waals surface area contributed by atoms with Crippen molar-refractivity contribution >= 4 is 5.91 Å². The number of hydrogen-bond donors (Lipinski definition) is 0. The molecule has 7 nitrogen and oxygen atoms in total. The lowest BCUT2D eigenvalue weighted by Crippen LogP contribution is -2.34. The molecule has 1 aromatic heterocycles. The highest BCUT2D eigenvalue weighted by Gasteiger charge is 2.28. The van der Waals surface area contributed by atoms with Crippen molar-refractivity contribution in [3.8, 4) is 17.5 Å². The number of methoxy groups -OCH3 is 1. The Morgan fingerprint density at radius 2 is 2.00 bits per heavy atom. The second-order valence-corrected chi connectivity index (χ2v) is 5.49. The van der Waals surface area contributed by atoms with Crippen LogP contribution >= 0.6 is 0 Å². The molecule has 1 aliphatic rings. The minimum absolute atomic E-state index is 0.0832. The molecule has 1 amide bonds. The molecule has 8 heteroatoms. The van der Waals surface area contributed by atoms with E-state index in [1.807, 2.05) is 12.1 Å².